The van der Waals surface area contributed by atoms with Crippen LogP contribution in [0.1, 0.15) is 11.1 Å². The van der Waals surface area contributed by atoms with Gasteiger partial charge in [0.25, 0.3) is 5.69 Å². The van der Waals surface area contributed by atoms with E-state index in [2.05, 4.69) is 9.47 Å². The van der Waals surface area contributed by atoms with Crippen LogP contribution in [-0.2, 0) is 19.1 Å². The van der Waals surface area contributed by atoms with Crippen LogP contribution in [0.4, 0.5) is 5.69 Å². The van der Waals surface area contributed by atoms with E-state index < -0.39 is 16.9 Å². The number of benzene rings is 1. The van der Waals surface area contributed by atoms with Gasteiger partial charge in [-0.2, -0.15) is 0 Å². The van der Waals surface area contributed by atoms with Crippen LogP contribution >= 0.6 is 0 Å². The summed E-state index contributed by atoms with van der Waals surface area (Å²) in [4.78, 5) is 32.4. The first-order chi connectivity index (χ1) is 9.97. The van der Waals surface area contributed by atoms with Crippen molar-refractivity contribution >= 4 is 29.8 Å². The van der Waals surface area contributed by atoms with E-state index >= 15 is 0 Å². The lowest BCUT2D eigenvalue weighted by atomic mass is 10.1. The molecule has 1 rings (SSSR count). The van der Waals surface area contributed by atoms with Crippen LogP contribution in [0.3, 0.4) is 0 Å². The van der Waals surface area contributed by atoms with Crippen molar-refractivity contribution in [2.75, 3.05) is 14.2 Å². The second-order valence-corrected chi connectivity index (χ2v) is 3.79. The van der Waals surface area contributed by atoms with Crippen LogP contribution in [-0.4, -0.2) is 31.1 Å². The number of ether oxygens (including phenoxy) is 2. The molecule has 0 amide bonds. The number of nitro benzene ring substituents is 1. The van der Waals surface area contributed by atoms with E-state index in [0.29, 0.717) is 5.56 Å². The number of carbonyl (C=O) groups is 2. The van der Waals surface area contributed by atoms with Gasteiger partial charge in [-0.15, -0.1) is 0 Å². The molecule has 0 N–H and O–H groups in total. The first-order valence-electron chi connectivity index (χ1n) is 5.78. The van der Waals surface area contributed by atoms with Crippen molar-refractivity contribution in [2.45, 2.75) is 0 Å². The van der Waals surface area contributed by atoms with Crippen LogP contribution in [0.5, 0.6) is 0 Å². The summed E-state index contributed by atoms with van der Waals surface area (Å²) in [6.07, 6.45) is 4.93. The van der Waals surface area contributed by atoms with E-state index in [9.17, 15) is 19.7 Å². The van der Waals surface area contributed by atoms with Crippen LogP contribution in [0.25, 0.3) is 12.2 Å². The van der Waals surface area contributed by atoms with Gasteiger partial charge in [0.1, 0.15) is 0 Å². The highest BCUT2D eigenvalue weighted by Gasteiger charge is 2.12. The van der Waals surface area contributed by atoms with Crippen LogP contribution in [0, 0.1) is 10.1 Å². The summed E-state index contributed by atoms with van der Waals surface area (Å²) in [5.74, 6) is -1.17. The fourth-order valence-corrected chi connectivity index (χ4v) is 1.42. The quantitative estimate of drug-likeness (QED) is 0.356. The lowest BCUT2D eigenvalue weighted by molar-refractivity contribution is -0.385. The molecule has 0 aliphatic carbocycles. The van der Waals surface area contributed by atoms with Crippen molar-refractivity contribution in [2.24, 2.45) is 0 Å². The molecule has 1 aromatic carbocycles. The summed E-state index contributed by atoms with van der Waals surface area (Å²) in [6, 6.07) is 4.33. The summed E-state index contributed by atoms with van der Waals surface area (Å²) < 4.78 is 8.84. The Bertz CT molecular complexity index is 618. The Hall–Kier alpha value is -2.96. The minimum Gasteiger partial charge on any atom is -0.466 e. The van der Waals surface area contributed by atoms with Crippen molar-refractivity contribution < 1.29 is 24.0 Å². The zero-order chi connectivity index (χ0) is 15.8. The van der Waals surface area contributed by atoms with Gasteiger partial charge in [-0.3, -0.25) is 10.1 Å². The number of nitrogens with zero attached hydrogens (tertiary/aromatic N) is 1. The van der Waals surface area contributed by atoms with Crippen LogP contribution < -0.4 is 0 Å². The highest BCUT2D eigenvalue weighted by atomic mass is 16.6. The van der Waals surface area contributed by atoms with E-state index in [1.807, 2.05) is 0 Å². The van der Waals surface area contributed by atoms with Gasteiger partial charge in [-0.25, -0.2) is 9.59 Å². The Labute approximate surface area is 120 Å². The van der Waals surface area contributed by atoms with Crippen molar-refractivity contribution in [1.29, 1.82) is 0 Å². The predicted octanol–water partition coefficient (Wildman–Crippen LogP) is 1.97. The second-order valence-electron chi connectivity index (χ2n) is 3.79. The molecule has 21 heavy (non-hydrogen) atoms. The average Bonchev–Trinajstić information content (AvgIpc) is 2.50. The van der Waals surface area contributed by atoms with Crippen LogP contribution in [0.2, 0.25) is 0 Å². The molecule has 0 radical (unpaired) electrons. The second kappa shape index (κ2) is 7.59. The van der Waals surface area contributed by atoms with E-state index in [1.54, 1.807) is 6.07 Å². The van der Waals surface area contributed by atoms with Gasteiger partial charge in [0, 0.05) is 18.2 Å². The van der Waals surface area contributed by atoms with Crippen LogP contribution in [0.15, 0.2) is 30.4 Å². The minimum absolute atomic E-state index is 0.192. The summed E-state index contributed by atoms with van der Waals surface area (Å²) in [7, 11) is 2.44. The number of rotatable bonds is 5. The van der Waals surface area contributed by atoms with Crippen molar-refractivity contribution in [3.8, 4) is 0 Å². The number of hydrogen-bond acceptors (Lipinski definition) is 6. The average molecular weight is 291 g/mol. The lowest BCUT2D eigenvalue weighted by Gasteiger charge is -2.00. The molecule has 7 nitrogen and oxygen atoms in total. The molecular weight excluding hydrogens is 278 g/mol. The Kier molecular flexibility index (Phi) is 5.81. The Morgan fingerprint density at radius 2 is 1.67 bits per heavy atom. The number of methoxy groups -OCH3 is 2. The zero-order valence-corrected chi connectivity index (χ0v) is 11.4. The fraction of sp³-hybridized carbons (Fsp3) is 0.143. The smallest absolute Gasteiger partial charge is 0.330 e. The summed E-state index contributed by atoms with van der Waals surface area (Å²) in [5.41, 5.74) is 0.519. The van der Waals surface area contributed by atoms with E-state index in [1.165, 1.54) is 38.5 Å². The Morgan fingerprint density at radius 3 is 2.19 bits per heavy atom. The third-order valence-corrected chi connectivity index (χ3v) is 2.46. The Morgan fingerprint density at radius 1 is 1.10 bits per heavy atom. The van der Waals surface area contributed by atoms with E-state index in [4.69, 9.17) is 0 Å². The largest absolute Gasteiger partial charge is 0.466 e. The number of hydrogen-bond donors (Lipinski definition) is 0. The molecule has 0 spiro atoms. The third kappa shape index (κ3) is 4.90. The molecule has 0 fully saturated rings. The van der Waals surface area contributed by atoms with E-state index in [0.717, 1.165) is 12.2 Å². The predicted molar refractivity (Wildman–Crippen MR) is 75.2 cm³/mol. The molecule has 1 aromatic rings. The van der Waals surface area contributed by atoms with E-state index in [-0.39, 0.29) is 11.3 Å². The van der Waals surface area contributed by atoms with Gasteiger partial charge in [-0.1, -0.05) is 6.07 Å². The minimum atomic E-state index is -0.612. The number of esters is 2. The molecular formula is C14H13NO6. The third-order valence-electron chi connectivity index (χ3n) is 2.46. The maximum absolute atomic E-state index is 11.0. The summed E-state index contributed by atoms with van der Waals surface area (Å²) in [6.45, 7) is 0. The highest BCUT2D eigenvalue weighted by Crippen LogP contribution is 2.22. The van der Waals surface area contributed by atoms with Gasteiger partial charge >= 0.3 is 11.9 Å². The topological polar surface area (TPSA) is 95.7 Å². The summed E-state index contributed by atoms with van der Waals surface area (Å²) >= 11 is 0. The maximum Gasteiger partial charge on any atom is 0.330 e. The van der Waals surface area contributed by atoms with Crippen molar-refractivity contribution in [3.63, 3.8) is 0 Å². The monoisotopic (exact) mass is 291 g/mol. The molecule has 0 aliphatic heterocycles. The number of carbonyl (C=O) groups excluding carboxylic acids is 2. The van der Waals surface area contributed by atoms with Gasteiger partial charge in [-0.05, 0) is 23.8 Å². The van der Waals surface area contributed by atoms with Gasteiger partial charge < -0.3 is 9.47 Å². The molecule has 0 aromatic heterocycles. The van der Waals surface area contributed by atoms with Crippen molar-refractivity contribution in [1.82, 2.24) is 0 Å². The van der Waals surface area contributed by atoms with Gasteiger partial charge in [0.2, 0.25) is 0 Å². The zero-order valence-electron chi connectivity index (χ0n) is 11.4. The molecule has 110 valence electrons. The van der Waals surface area contributed by atoms with Gasteiger partial charge in [0.05, 0.1) is 24.7 Å². The molecule has 0 heterocycles. The normalized spacial score (nSPS) is 10.8. The van der Waals surface area contributed by atoms with Gasteiger partial charge in [0.15, 0.2) is 0 Å². The highest BCUT2D eigenvalue weighted by molar-refractivity contribution is 5.89. The molecule has 0 saturated heterocycles. The first-order valence-corrected chi connectivity index (χ1v) is 5.78. The molecule has 0 saturated carbocycles. The SMILES string of the molecule is COC(=O)C=Cc1ccc(C=CC(=O)OC)c([N+](=O)[O-])c1. The molecule has 0 bridgehead atoms. The lowest BCUT2D eigenvalue weighted by Crippen LogP contribution is -1.96. The fourth-order valence-electron chi connectivity index (χ4n) is 1.42. The molecule has 0 atom stereocenters. The van der Waals surface area contributed by atoms with Crippen molar-refractivity contribution in [3.05, 3.63) is 51.6 Å². The Balaban J connectivity index is 3.10. The first kappa shape index (κ1) is 16.1. The summed E-state index contributed by atoms with van der Waals surface area (Å²) in [5, 5.41) is 11.0. The standard InChI is InChI=1S/C14H13NO6/c1-20-13(16)7-4-10-3-5-11(6-8-14(17)21-2)12(9-10)15(18)19/h3-9H,1-2H3. The molecule has 0 unspecified atom stereocenters. The molecule has 0 aliphatic rings. The maximum atomic E-state index is 11.0. The number of nitro groups is 1. The molecule has 7 heteroatoms.